The van der Waals surface area contributed by atoms with E-state index in [-0.39, 0.29) is 40.9 Å². The second kappa shape index (κ2) is 6.42. The quantitative estimate of drug-likeness (QED) is 0.850. The van der Waals surface area contributed by atoms with E-state index in [1.54, 1.807) is 25.4 Å². The summed E-state index contributed by atoms with van der Waals surface area (Å²) in [4.78, 5) is 36.5. The molecule has 1 aliphatic heterocycles. The predicted octanol–water partition coefficient (Wildman–Crippen LogP) is 1.05. The number of hydrogen-bond donors (Lipinski definition) is 2. The van der Waals surface area contributed by atoms with Gasteiger partial charge < -0.3 is 15.2 Å². The Morgan fingerprint density at radius 3 is 2.79 bits per heavy atom. The van der Waals surface area contributed by atoms with Crippen LogP contribution in [-0.4, -0.2) is 28.5 Å². The Hall–Kier alpha value is -2.11. The number of carbonyl (C=O) groups excluding carboxylic acids is 2. The monoisotopic (exact) mass is 331 g/mol. The number of carbonyl (C=O) groups is 2. The molecule has 2 aliphatic rings. The highest BCUT2D eigenvalue weighted by atomic mass is 16.2. The van der Waals surface area contributed by atoms with Gasteiger partial charge in [0.25, 0.3) is 11.5 Å². The van der Waals surface area contributed by atoms with Crippen LogP contribution in [0, 0.1) is 17.8 Å². The maximum atomic E-state index is 12.4. The van der Waals surface area contributed by atoms with Crippen molar-refractivity contribution in [2.75, 3.05) is 0 Å². The molecule has 6 heteroatoms. The lowest BCUT2D eigenvalue weighted by Crippen LogP contribution is -2.57. The van der Waals surface area contributed by atoms with Gasteiger partial charge in [0, 0.05) is 31.2 Å². The topological polar surface area (TPSA) is 80.2 Å². The first-order chi connectivity index (χ1) is 11.4. The summed E-state index contributed by atoms with van der Waals surface area (Å²) in [6.45, 7) is 4.13. The van der Waals surface area contributed by atoms with Gasteiger partial charge in [-0.25, -0.2) is 0 Å². The summed E-state index contributed by atoms with van der Waals surface area (Å²) in [7, 11) is 1.63. The molecular formula is C18H25N3O3. The van der Waals surface area contributed by atoms with E-state index in [0.717, 1.165) is 19.3 Å². The minimum Gasteiger partial charge on any atom is -0.353 e. The van der Waals surface area contributed by atoms with Gasteiger partial charge in [0.15, 0.2) is 0 Å². The summed E-state index contributed by atoms with van der Waals surface area (Å²) in [6, 6.07) is 3.35. The SMILES string of the molecule is CC1C(=O)NC2CC(NC(=O)c3cccn(C)c3=O)CCC2C1C. The Balaban J connectivity index is 1.68. The maximum Gasteiger partial charge on any atom is 0.263 e. The predicted molar refractivity (Wildman–Crippen MR) is 90.5 cm³/mol. The van der Waals surface area contributed by atoms with Crippen molar-refractivity contribution in [3.05, 3.63) is 34.2 Å². The molecule has 2 fully saturated rings. The molecule has 1 saturated heterocycles. The zero-order valence-electron chi connectivity index (χ0n) is 14.4. The number of piperidine rings is 1. The Morgan fingerprint density at radius 1 is 1.29 bits per heavy atom. The van der Waals surface area contributed by atoms with E-state index in [1.165, 1.54) is 4.57 Å². The van der Waals surface area contributed by atoms with Gasteiger partial charge in [0.05, 0.1) is 0 Å². The van der Waals surface area contributed by atoms with Gasteiger partial charge >= 0.3 is 0 Å². The zero-order chi connectivity index (χ0) is 17.4. The molecule has 0 radical (unpaired) electrons. The van der Waals surface area contributed by atoms with E-state index in [4.69, 9.17) is 0 Å². The molecule has 130 valence electrons. The Labute approximate surface area is 141 Å². The third-order valence-electron chi connectivity index (χ3n) is 5.81. The number of hydrogen-bond acceptors (Lipinski definition) is 3. The van der Waals surface area contributed by atoms with Crippen LogP contribution in [0.3, 0.4) is 0 Å². The summed E-state index contributed by atoms with van der Waals surface area (Å²) in [5.74, 6) is 0.651. The van der Waals surface area contributed by atoms with Crippen LogP contribution in [0.1, 0.15) is 43.5 Å². The number of aryl methyl sites for hydroxylation is 1. The van der Waals surface area contributed by atoms with Crippen molar-refractivity contribution in [1.29, 1.82) is 0 Å². The Bertz CT molecular complexity index is 712. The number of nitrogens with zero attached hydrogens (tertiary/aromatic N) is 1. The maximum absolute atomic E-state index is 12.4. The van der Waals surface area contributed by atoms with Crippen molar-refractivity contribution in [3.8, 4) is 0 Å². The van der Waals surface area contributed by atoms with E-state index in [0.29, 0.717) is 11.8 Å². The normalized spacial score (nSPS) is 32.6. The molecule has 2 N–H and O–H groups in total. The van der Waals surface area contributed by atoms with Gasteiger partial charge in [-0.2, -0.15) is 0 Å². The number of pyridine rings is 1. The van der Waals surface area contributed by atoms with Crippen LogP contribution < -0.4 is 16.2 Å². The van der Waals surface area contributed by atoms with Crippen LogP contribution in [0.15, 0.2) is 23.1 Å². The third kappa shape index (κ3) is 2.97. The molecule has 1 saturated carbocycles. The van der Waals surface area contributed by atoms with Gasteiger partial charge in [-0.1, -0.05) is 13.8 Å². The minimum atomic E-state index is -0.330. The summed E-state index contributed by atoms with van der Waals surface area (Å²) in [6.07, 6.45) is 4.22. The molecule has 5 unspecified atom stereocenters. The second-order valence-corrected chi connectivity index (χ2v) is 7.25. The largest absolute Gasteiger partial charge is 0.353 e. The zero-order valence-corrected chi connectivity index (χ0v) is 14.4. The van der Waals surface area contributed by atoms with Crippen molar-refractivity contribution in [1.82, 2.24) is 15.2 Å². The van der Waals surface area contributed by atoms with Crippen molar-refractivity contribution < 1.29 is 9.59 Å². The first kappa shape index (κ1) is 16.7. The highest BCUT2D eigenvalue weighted by Gasteiger charge is 2.42. The van der Waals surface area contributed by atoms with E-state index in [1.807, 2.05) is 6.92 Å². The average Bonchev–Trinajstić information content (AvgIpc) is 2.55. The lowest BCUT2D eigenvalue weighted by Gasteiger charge is -2.45. The fourth-order valence-electron chi connectivity index (χ4n) is 4.08. The van der Waals surface area contributed by atoms with Gasteiger partial charge in [-0.15, -0.1) is 0 Å². The lowest BCUT2D eigenvalue weighted by molar-refractivity contribution is -0.132. The first-order valence-corrected chi connectivity index (χ1v) is 8.65. The summed E-state index contributed by atoms with van der Waals surface area (Å²) in [5, 5.41) is 6.08. The molecule has 0 bridgehead atoms. The average molecular weight is 331 g/mol. The molecule has 2 heterocycles. The number of nitrogens with one attached hydrogen (secondary N) is 2. The van der Waals surface area contributed by atoms with Crippen LogP contribution in [-0.2, 0) is 11.8 Å². The Morgan fingerprint density at radius 2 is 2.04 bits per heavy atom. The van der Waals surface area contributed by atoms with Crippen LogP contribution >= 0.6 is 0 Å². The van der Waals surface area contributed by atoms with E-state index >= 15 is 0 Å². The fraction of sp³-hybridized carbons (Fsp3) is 0.611. The van der Waals surface area contributed by atoms with Gasteiger partial charge in [-0.3, -0.25) is 14.4 Å². The minimum absolute atomic E-state index is 0.00966. The van der Waals surface area contributed by atoms with Crippen LogP contribution in [0.4, 0.5) is 0 Å². The van der Waals surface area contributed by atoms with Gasteiger partial charge in [0.1, 0.15) is 5.56 Å². The molecule has 0 aromatic carbocycles. The first-order valence-electron chi connectivity index (χ1n) is 8.65. The third-order valence-corrected chi connectivity index (χ3v) is 5.81. The summed E-state index contributed by atoms with van der Waals surface area (Å²) < 4.78 is 1.40. The highest BCUT2D eigenvalue weighted by molar-refractivity contribution is 5.94. The van der Waals surface area contributed by atoms with Crippen LogP contribution in [0.5, 0.6) is 0 Å². The smallest absolute Gasteiger partial charge is 0.263 e. The number of fused-ring (bicyclic) bond motifs is 1. The molecule has 24 heavy (non-hydrogen) atoms. The molecule has 5 atom stereocenters. The molecule has 6 nitrogen and oxygen atoms in total. The number of aromatic nitrogens is 1. The number of amides is 2. The molecule has 1 aromatic heterocycles. The molecule has 1 aromatic rings. The molecule has 3 rings (SSSR count). The van der Waals surface area contributed by atoms with Gasteiger partial charge in [-0.05, 0) is 43.2 Å². The van der Waals surface area contributed by atoms with E-state index in [2.05, 4.69) is 17.6 Å². The van der Waals surface area contributed by atoms with Crippen molar-refractivity contribution >= 4 is 11.8 Å². The summed E-state index contributed by atoms with van der Waals surface area (Å²) in [5.41, 5.74) is -0.131. The van der Waals surface area contributed by atoms with Gasteiger partial charge in [0.2, 0.25) is 5.91 Å². The summed E-state index contributed by atoms with van der Waals surface area (Å²) >= 11 is 0. The Kier molecular flexibility index (Phi) is 4.47. The standard InChI is InChI=1S/C18H25N3O3/c1-10-11(2)16(22)20-15-9-12(6-7-13(10)15)19-17(23)14-5-4-8-21(3)18(14)24/h4-5,8,10-13,15H,6-7,9H2,1-3H3,(H,19,23)(H,20,22). The molecule has 1 aliphatic carbocycles. The molecular weight excluding hydrogens is 306 g/mol. The lowest BCUT2D eigenvalue weighted by atomic mass is 9.68. The van der Waals surface area contributed by atoms with Crippen LogP contribution in [0.2, 0.25) is 0 Å². The van der Waals surface area contributed by atoms with E-state index < -0.39 is 0 Å². The molecule has 0 spiro atoms. The van der Waals surface area contributed by atoms with Crippen molar-refractivity contribution in [3.63, 3.8) is 0 Å². The van der Waals surface area contributed by atoms with E-state index in [9.17, 15) is 14.4 Å². The fourth-order valence-corrected chi connectivity index (χ4v) is 4.08. The van der Waals surface area contributed by atoms with Crippen molar-refractivity contribution in [2.45, 2.75) is 45.2 Å². The molecule has 2 amide bonds. The second-order valence-electron chi connectivity index (χ2n) is 7.25. The van der Waals surface area contributed by atoms with Crippen molar-refractivity contribution in [2.24, 2.45) is 24.8 Å². The number of rotatable bonds is 2. The highest BCUT2D eigenvalue weighted by Crippen LogP contribution is 2.37. The van der Waals surface area contributed by atoms with Crippen LogP contribution in [0.25, 0.3) is 0 Å².